The van der Waals surface area contributed by atoms with Crippen molar-refractivity contribution >= 4 is 22.9 Å². The molecule has 3 rings (SSSR count). The van der Waals surface area contributed by atoms with Crippen LogP contribution in [0.25, 0.3) is 0 Å². The lowest BCUT2D eigenvalue weighted by Crippen LogP contribution is -2.35. The van der Waals surface area contributed by atoms with Gasteiger partial charge in [0, 0.05) is 11.4 Å². The van der Waals surface area contributed by atoms with Crippen molar-refractivity contribution in [3.8, 4) is 0 Å². The molecule has 1 aromatic heterocycles. The molecule has 1 atom stereocenters. The van der Waals surface area contributed by atoms with Crippen molar-refractivity contribution in [2.45, 2.75) is 69.7 Å². The molecule has 1 saturated carbocycles. The normalized spacial score (nSPS) is 24.1. The van der Waals surface area contributed by atoms with Gasteiger partial charge in [0.05, 0.1) is 16.6 Å². The molecule has 0 amide bonds. The number of aryl methyl sites for hydroxylation is 1. The quantitative estimate of drug-likeness (QED) is 0.525. The smallest absolute Gasteiger partial charge is 0.0928 e. The highest BCUT2D eigenvalue weighted by atomic mass is 35.5. The van der Waals surface area contributed by atoms with Gasteiger partial charge in [-0.15, -0.1) is 22.9 Å². The van der Waals surface area contributed by atoms with Gasteiger partial charge in [0.25, 0.3) is 0 Å². The summed E-state index contributed by atoms with van der Waals surface area (Å²) in [7, 11) is 0. The summed E-state index contributed by atoms with van der Waals surface area (Å²) in [5.41, 5.74) is 1.04. The number of hydrogen-bond donors (Lipinski definition) is 0. The van der Waals surface area contributed by atoms with Crippen LogP contribution in [0.1, 0.15) is 62.1 Å². The fourth-order valence-corrected chi connectivity index (χ4v) is 5.19. The number of aromatic nitrogens is 1. The van der Waals surface area contributed by atoms with Gasteiger partial charge in [-0.2, -0.15) is 0 Å². The first kappa shape index (κ1) is 15.8. The molecule has 1 aromatic rings. The maximum Gasteiger partial charge on any atom is 0.0928 e. The van der Waals surface area contributed by atoms with Gasteiger partial charge in [-0.25, -0.2) is 4.98 Å². The van der Waals surface area contributed by atoms with Gasteiger partial charge < -0.3 is 4.90 Å². The number of halogens is 1. The monoisotopic (exact) mass is 326 g/mol. The van der Waals surface area contributed by atoms with Gasteiger partial charge in [-0.3, -0.25) is 0 Å². The van der Waals surface area contributed by atoms with Crippen LogP contribution >= 0.6 is 22.9 Å². The average molecular weight is 327 g/mol. The SMILES string of the molecule is ClCc1csc(CCCCN2CCCC2C2CCCC2)n1. The van der Waals surface area contributed by atoms with E-state index in [9.17, 15) is 0 Å². The number of likely N-dealkylation sites (tertiary alicyclic amines) is 1. The Morgan fingerprint density at radius 1 is 1.19 bits per heavy atom. The van der Waals surface area contributed by atoms with Gasteiger partial charge in [0.2, 0.25) is 0 Å². The third-order valence-electron chi connectivity index (χ3n) is 5.18. The summed E-state index contributed by atoms with van der Waals surface area (Å²) >= 11 is 7.57. The van der Waals surface area contributed by atoms with Crippen molar-refractivity contribution in [1.29, 1.82) is 0 Å². The molecule has 2 nitrogen and oxygen atoms in total. The van der Waals surface area contributed by atoms with Crippen molar-refractivity contribution in [3.05, 3.63) is 16.1 Å². The van der Waals surface area contributed by atoms with E-state index in [-0.39, 0.29) is 0 Å². The van der Waals surface area contributed by atoms with Crippen molar-refractivity contribution in [2.24, 2.45) is 5.92 Å². The van der Waals surface area contributed by atoms with E-state index < -0.39 is 0 Å². The molecule has 21 heavy (non-hydrogen) atoms. The lowest BCUT2D eigenvalue weighted by Gasteiger charge is -2.29. The van der Waals surface area contributed by atoms with Crippen molar-refractivity contribution in [2.75, 3.05) is 13.1 Å². The van der Waals surface area contributed by atoms with Crippen LogP contribution < -0.4 is 0 Å². The third kappa shape index (κ3) is 4.20. The molecule has 1 aliphatic heterocycles. The Hall–Kier alpha value is -0.120. The fourth-order valence-electron chi connectivity index (χ4n) is 4.12. The van der Waals surface area contributed by atoms with Crippen LogP contribution in [-0.2, 0) is 12.3 Å². The van der Waals surface area contributed by atoms with Crippen LogP contribution in [0.2, 0.25) is 0 Å². The third-order valence-corrected chi connectivity index (χ3v) is 6.41. The van der Waals surface area contributed by atoms with Crippen LogP contribution in [0.5, 0.6) is 0 Å². The summed E-state index contributed by atoms with van der Waals surface area (Å²) in [6.45, 7) is 2.64. The van der Waals surface area contributed by atoms with Crippen LogP contribution in [0.15, 0.2) is 5.38 Å². The van der Waals surface area contributed by atoms with Crippen molar-refractivity contribution in [3.63, 3.8) is 0 Å². The maximum atomic E-state index is 5.80. The topological polar surface area (TPSA) is 16.1 Å². The van der Waals surface area contributed by atoms with E-state index in [1.54, 1.807) is 11.3 Å². The summed E-state index contributed by atoms with van der Waals surface area (Å²) in [6, 6.07) is 0.912. The van der Waals surface area contributed by atoms with Crippen LogP contribution in [-0.4, -0.2) is 29.0 Å². The molecule has 1 unspecified atom stereocenters. The zero-order valence-electron chi connectivity index (χ0n) is 12.9. The number of unbranched alkanes of at least 4 members (excludes halogenated alkanes) is 1. The summed E-state index contributed by atoms with van der Waals surface area (Å²) < 4.78 is 0. The second-order valence-corrected chi connectivity index (χ2v) is 7.82. The first-order valence-electron chi connectivity index (χ1n) is 8.60. The molecule has 0 N–H and O–H groups in total. The molecule has 118 valence electrons. The number of hydrogen-bond acceptors (Lipinski definition) is 3. The van der Waals surface area contributed by atoms with Gasteiger partial charge >= 0.3 is 0 Å². The molecule has 0 bridgehead atoms. The van der Waals surface area contributed by atoms with E-state index in [0.29, 0.717) is 5.88 Å². The number of thiazole rings is 1. The van der Waals surface area contributed by atoms with Crippen LogP contribution in [0.3, 0.4) is 0 Å². The highest BCUT2D eigenvalue weighted by Crippen LogP contribution is 2.35. The van der Waals surface area contributed by atoms with Crippen LogP contribution in [0, 0.1) is 5.92 Å². The Morgan fingerprint density at radius 2 is 2.05 bits per heavy atom. The van der Waals surface area contributed by atoms with E-state index >= 15 is 0 Å². The molecule has 1 aliphatic carbocycles. The minimum absolute atomic E-state index is 0.549. The molecule has 0 radical (unpaired) electrons. The maximum absolute atomic E-state index is 5.80. The Morgan fingerprint density at radius 3 is 2.81 bits per heavy atom. The Labute approximate surface area is 137 Å². The molecular formula is C17H27ClN2S. The van der Waals surface area contributed by atoms with E-state index in [4.69, 9.17) is 11.6 Å². The second-order valence-electron chi connectivity index (χ2n) is 6.61. The second kappa shape index (κ2) is 7.94. The molecule has 2 aliphatic rings. The zero-order chi connectivity index (χ0) is 14.5. The highest BCUT2D eigenvalue weighted by molar-refractivity contribution is 7.09. The Kier molecular flexibility index (Phi) is 5.96. The number of nitrogens with zero attached hydrogens (tertiary/aromatic N) is 2. The molecule has 0 spiro atoms. The predicted molar refractivity (Wildman–Crippen MR) is 91.2 cm³/mol. The van der Waals surface area contributed by atoms with Gasteiger partial charge in [-0.1, -0.05) is 12.8 Å². The fraction of sp³-hybridized carbons (Fsp3) is 0.824. The summed E-state index contributed by atoms with van der Waals surface area (Å²) in [6.07, 6.45) is 12.5. The molecule has 1 saturated heterocycles. The van der Waals surface area contributed by atoms with Crippen molar-refractivity contribution < 1.29 is 0 Å². The Balaban J connectivity index is 1.38. The van der Waals surface area contributed by atoms with Gasteiger partial charge in [0.1, 0.15) is 0 Å². The number of rotatable bonds is 7. The minimum atomic E-state index is 0.549. The molecule has 4 heteroatoms. The van der Waals surface area contributed by atoms with Crippen LogP contribution in [0.4, 0.5) is 0 Å². The lowest BCUT2D eigenvalue weighted by molar-refractivity contribution is 0.187. The van der Waals surface area contributed by atoms with E-state index in [0.717, 1.165) is 24.1 Å². The minimum Gasteiger partial charge on any atom is -0.300 e. The molecular weight excluding hydrogens is 300 g/mol. The van der Waals surface area contributed by atoms with Crippen molar-refractivity contribution in [1.82, 2.24) is 9.88 Å². The summed E-state index contributed by atoms with van der Waals surface area (Å²) in [4.78, 5) is 7.34. The van der Waals surface area contributed by atoms with E-state index in [2.05, 4.69) is 15.3 Å². The predicted octanol–water partition coefficient (Wildman–Crippen LogP) is 4.86. The molecule has 0 aromatic carbocycles. The average Bonchev–Trinajstić information content (AvgIpc) is 3.23. The highest BCUT2D eigenvalue weighted by Gasteiger charge is 2.32. The summed E-state index contributed by atoms with van der Waals surface area (Å²) in [5.74, 6) is 1.56. The zero-order valence-corrected chi connectivity index (χ0v) is 14.5. The van der Waals surface area contributed by atoms with E-state index in [1.165, 1.54) is 69.5 Å². The standard InChI is InChI=1S/C17H27ClN2S/c18-12-15-13-21-17(19-15)9-3-4-10-20-11-5-8-16(20)14-6-1-2-7-14/h13-14,16H,1-12H2. The summed E-state index contributed by atoms with van der Waals surface area (Å²) in [5, 5.41) is 3.36. The first-order valence-corrected chi connectivity index (χ1v) is 10.0. The van der Waals surface area contributed by atoms with E-state index in [1.807, 2.05) is 0 Å². The first-order chi connectivity index (χ1) is 10.4. The molecule has 2 fully saturated rings. The largest absolute Gasteiger partial charge is 0.300 e. The Bertz CT molecular complexity index is 428. The number of alkyl halides is 1. The lowest BCUT2D eigenvalue weighted by atomic mass is 9.96. The molecule has 2 heterocycles. The van der Waals surface area contributed by atoms with Gasteiger partial charge in [0.15, 0.2) is 0 Å². The van der Waals surface area contributed by atoms with Gasteiger partial charge in [-0.05, 0) is 64.0 Å².